The van der Waals surface area contributed by atoms with Gasteiger partial charge in [0.05, 0.1) is 23.3 Å². The smallest absolute Gasteiger partial charge is 0.272 e. The summed E-state index contributed by atoms with van der Waals surface area (Å²) in [6.45, 7) is -0.159. The highest BCUT2D eigenvalue weighted by Gasteiger charge is 2.63. The van der Waals surface area contributed by atoms with Crippen LogP contribution in [0.3, 0.4) is 0 Å². The van der Waals surface area contributed by atoms with E-state index in [4.69, 9.17) is 11.6 Å². The predicted octanol–water partition coefficient (Wildman–Crippen LogP) is 5.70. The second-order valence-corrected chi connectivity index (χ2v) is 11.0. The standard InChI is InChI=1S/C32H22ClN3O5/c33-19-15-13-18(14-16-19)17-34(30(37)24-11-5-6-12-25(24)36(40)41)35-31(38)28-26-20-7-1-2-8-21(20)27(29(28)32(35)39)23-10-4-3-9-22(23)26/h1-16,26-29H,17H2/t26?,27?,28-,29-/m1/s1. The monoisotopic (exact) mass is 563 g/mol. The molecule has 1 saturated heterocycles. The van der Waals surface area contributed by atoms with Crippen molar-refractivity contribution in [2.75, 3.05) is 0 Å². The summed E-state index contributed by atoms with van der Waals surface area (Å²) in [4.78, 5) is 54.0. The highest BCUT2D eigenvalue weighted by Crippen LogP contribution is 2.61. The van der Waals surface area contributed by atoms with Crippen molar-refractivity contribution in [1.29, 1.82) is 0 Å². The van der Waals surface area contributed by atoms with Gasteiger partial charge in [-0.15, -0.1) is 0 Å². The topological polar surface area (TPSA) is 101 Å². The van der Waals surface area contributed by atoms with Gasteiger partial charge < -0.3 is 0 Å². The molecule has 4 aromatic carbocycles. The van der Waals surface area contributed by atoms with Crippen LogP contribution in [0.4, 0.5) is 5.69 Å². The van der Waals surface area contributed by atoms with Crippen LogP contribution in [-0.2, 0) is 16.1 Å². The molecule has 8 nitrogen and oxygen atoms in total. The zero-order valence-electron chi connectivity index (χ0n) is 21.5. The second kappa shape index (κ2) is 9.38. The van der Waals surface area contributed by atoms with Gasteiger partial charge in [0.25, 0.3) is 23.4 Å². The molecule has 0 radical (unpaired) electrons. The molecular weight excluding hydrogens is 542 g/mol. The third-order valence-corrected chi connectivity index (χ3v) is 8.73. The van der Waals surface area contributed by atoms with Gasteiger partial charge in [0.2, 0.25) is 0 Å². The van der Waals surface area contributed by atoms with Crippen LogP contribution < -0.4 is 0 Å². The molecule has 8 rings (SSSR count). The van der Waals surface area contributed by atoms with Crippen LogP contribution in [0.15, 0.2) is 97.1 Å². The van der Waals surface area contributed by atoms with E-state index in [1.54, 1.807) is 24.3 Å². The van der Waals surface area contributed by atoms with Gasteiger partial charge in [-0.1, -0.05) is 84.4 Å². The number of hydrogen-bond acceptors (Lipinski definition) is 5. The number of nitro benzene ring substituents is 1. The summed E-state index contributed by atoms with van der Waals surface area (Å²) >= 11 is 6.07. The van der Waals surface area contributed by atoms with Crippen molar-refractivity contribution >= 4 is 35.0 Å². The van der Waals surface area contributed by atoms with E-state index < -0.39 is 40.2 Å². The maximum Gasteiger partial charge on any atom is 0.282 e. The first-order valence-electron chi connectivity index (χ1n) is 13.2. The molecule has 1 fully saturated rings. The molecule has 0 saturated carbocycles. The van der Waals surface area contributed by atoms with Gasteiger partial charge in [-0.25, -0.2) is 5.01 Å². The van der Waals surface area contributed by atoms with Gasteiger partial charge in [0, 0.05) is 22.9 Å². The minimum atomic E-state index is -0.810. The molecule has 202 valence electrons. The zero-order valence-corrected chi connectivity index (χ0v) is 22.3. The quantitative estimate of drug-likeness (QED) is 0.176. The maximum atomic E-state index is 14.4. The number of carbonyl (C=O) groups is 3. The summed E-state index contributed by atoms with van der Waals surface area (Å²) < 4.78 is 0. The molecule has 1 heterocycles. The van der Waals surface area contributed by atoms with Gasteiger partial charge in [-0.05, 0) is 46.0 Å². The fourth-order valence-electron chi connectivity index (χ4n) is 6.85. The maximum absolute atomic E-state index is 14.4. The average Bonchev–Trinajstić information content (AvgIpc) is 3.26. The normalized spacial score (nSPS) is 21.7. The number of carbonyl (C=O) groups excluding carboxylic acids is 3. The summed E-state index contributed by atoms with van der Waals surface area (Å²) in [5, 5.41) is 14.3. The van der Waals surface area contributed by atoms with E-state index in [-0.39, 0.29) is 23.9 Å². The summed E-state index contributed by atoms with van der Waals surface area (Å²) in [5.74, 6) is -3.89. The number of imide groups is 1. The van der Waals surface area contributed by atoms with Crippen molar-refractivity contribution in [1.82, 2.24) is 10.0 Å². The highest BCUT2D eigenvalue weighted by molar-refractivity contribution is 6.30. The third-order valence-electron chi connectivity index (χ3n) is 8.48. The van der Waals surface area contributed by atoms with Gasteiger partial charge in [-0.2, -0.15) is 5.01 Å². The number of hydrazine groups is 1. The largest absolute Gasteiger partial charge is 0.282 e. The van der Waals surface area contributed by atoms with E-state index in [9.17, 15) is 24.5 Å². The molecule has 0 spiro atoms. The Hall–Kier alpha value is -4.82. The molecule has 4 aliphatic rings. The molecule has 1 aliphatic heterocycles. The number of nitrogens with zero attached hydrogens (tertiary/aromatic N) is 3. The van der Waals surface area contributed by atoms with Crippen LogP contribution in [0.1, 0.15) is 50.0 Å². The number of amides is 3. The molecular formula is C32H22ClN3O5. The van der Waals surface area contributed by atoms with Crippen LogP contribution >= 0.6 is 11.6 Å². The molecule has 41 heavy (non-hydrogen) atoms. The lowest BCUT2D eigenvalue weighted by Crippen LogP contribution is -2.50. The Bertz CT molecular complexity index is 1660. The van der Waals surface area contributed by atoms with Crippen LogP contribution in [-0.4, -0.2) is 32.7 Å². The first-order valence-corrected chi connectivity index (χ1v) is 13.6. The van der Waals surface area contributed by atoms with E-state index >= 15 is 0 Å². The van der Waals surface area contributed by atoms with Crippen molar-refractivity contribution in [3.05, 3.63) is 146 Å². The van der Waals surface area contributed by atoms with E-state index in [2.05, 4.69) is 0 Å². The van der Waals surface area contributed by atoms with Gasteiger partial charge in [0.15, 0.2) is 0 Å². The van der Waals surface area contributed by atoms with Crippen molar-refractivity contribution in [2.45, 2.75) is 18.4 Å². The molecule has 3 aliphatic carbocycles. The lowest BCUT2D eigenvalue weighted by Gasteiger charge is -2.45. The lowest BCUT2D eigenvalue weighted by atomic mass is 9.55. The minimum absolute atomic E-state index is 0.159. The molecule has 2 atom stereocenters. The molecule has 4 aromatic rings. The van der Waals surface area contributed by atoms with Crippen LogP contribution in [0, 0.1) is 22.0 Å². The third kappa shape index (κ3) is 3.71. The number of nitro groups is 1. The fourth-order valence-corrected chi connectivity index (χ4v) is 6.97. The Morgan fingerprint density at radius 1 is 0.756 bits per heavy atom. The zero-order chi connectivity index (χ0) is 28.4. The Balaban J connectivity index is 1.36. The summed E-state index contributed by atoms with van der Waals surface area (Å²) in [7, 11) is 0. The van der Waals surface area contributed by atoms with E-state index in [0.717, 1.165) is 32.3 Å². The Labute approximate surface area is 239 Å². The van der Waals surface area contributed by atoms with Crippen LogP contribution in [0.25, 0.3) is 0 Å². The molecule has 0 N–H and O–H groups in total. The number of halogens is 1. The van der Waals surface area contributed by atoms with Gasteiger partial charge in [0.1, 0.15) is 5.56 Å². The first kappa shape index (κ1) is 25.2. The predicted molar refractivity (Wildman–Crippen MR) is 150 cm³/mol. The van der Waals surface area contributed by atoms with Crippen LogP contribution in [0.2, 0.25) is 5.02 Å². The fraction of sp³-hybridized carbons (Fsp3) is 0.156. The first-order chi connectivity index (χ1) is 19.9. The SMILES string of the molecule is O=C(c1ccccc1[N+](=O)[O-])N(Cc1ccc(Cl)cc1)N1C(=O)[C@@H]2C3c4ccccc4C(c4ccccc43)[C@H]2C1=O. The number of rotatable bonds is 5. The minimum Gasteiger partial charge on any atom is -0.272 e. The lowest BCUT2D eigenvalue weighted by molar-refractivity contribution is -0.385. The van der Waals surface area contributed by atoms with Crippen molar-refractivity contribution < 1.29 is 19.3 Å². The molecule has 3 amide bonds. The Kier molecular flexibility index (Phi) is 5.76. The molecule has 0 aromatic heterocycles. The second-order valence-electron chi connectivity index (χ2n) is 10.5. The van der Waals surface area contributed by atoms with Gasteiger partial charge in [-0.3, -0.25) is 24.5 Å². The Morgan fingerprint density at radius 2 is 1.22 bits per heavy atom. The summed E-state index contributed by atoms with van der Waals surface area (Å²) in [6, 6.07) is 28.0. The summed E-state index contributed by atoms with van der Waals surface area (Å²) in [6.07, 6.45) is 0. The molecule has 9 heteroatoms. The number of hydrogen-bond donors (Lipinski definition) is 0. The van der Waals surface area contributed by atoms with Gasteiger partial charge >= 0.3 is 0 Å². The summed E-state index contributed by atoms with van der Waals surface area (Å²) in [5.41, 5.74) is 4.02. The molecule has 2 bridgehead atoms. The van der Waals surface area contributed by atoms with Crippen LogP contribution in [0.5, 0.6) is 0 Å². The van der Waals surface area contributed by atoms with E-state index in [1.807, 2.05) is 48.5 Å². The molecule has 0 unspecified atom stereocenters. The van der Waals surface area contributed by atoms with Crippen molar-refractivity contribution in [3.8, 4) is 0 Å². The van der Waals surface area contributed by atoms with Crippen molar-refractivity contribution in [3.63, 3.8) is 0 Å². The number of benzene rings is 4. The van der Waals surface area contributed by atoms with Crippen molar-refractivity contribution in [2.24, 2.45) is 11.8 Å². The van der Waals surface area contributed by atoms with E-state index in [0.29, 0.717) is 10.6 Å². The highest BCUT2D eigenvalue weighted by atomic mass is 35.5. The average molecular weight is 564 g/mol. The Morgan fingerprint density at radius 3 is 1.71 bits per heavy atom. The number of para-hydroxylation sites is 1. The van der Waals surface area contributed by atoms with E-state index in [1.165, 1.54) is 24.3 Å².